The largest absolute Gasteiger partial charge is 0.748 e. The van der Waals surface area contributed by atoms with Crippen LogP contribution in [-0.4, -0.2) is 111 Å². The summed E-state index contributed by atoms with van der Waals surface area (Å²) >= 11 is 0. The van der Waals surface area contributed by atoms with Gasteiger partial charge in [0.05, 0.1) is 61.8 Å². The summed E-state index contributed by atoms with van der Waals surface area (Å²) in [5.74, 6) is -0.857. The lowest BCUT2D eigenvalue weighted by atomic mass is 9.91. The van der Waals surface area contributed by atoms with E-state index in [1.165, 1.54) is 28.0 Å². The van der Waals surface area contributed by atoms with Crippen molar-refractivity contribution in [3.63, 3.8) is 0 Å². The van der Waals surface area contributed by atoms with E-state index in [1.807, 2.05) is 21.0 Å². The van der Waals surface area contributed by atoms with Crippen molar-refractivity contribution in [2.75, 3.05) is 66.8 Å². The molecule has 1 unspecified atom stereocenters. The molecule has 14 nitrogen and oxygen atoms in total. The van der Waals surface area contributed by atoms with Crippen LogP contribution in [-0.2, 0) is 44.1 Å². The zero-order valence-corrected chi connectivity index (χ0v) is 33.9. The second-order valence-corrected chi connectivity index (χ2v) is 15.9. The molecule has 0 saturated heterocycles. The normalized spacial score (nSPS) is 11.7. The van der Waals surface area contributed by atoms with Crippen molar-refractivity contribution in [3.05, 3.63) is 54.6 Å². The standard InChI is InChI=1S/C10H14O3S.C9H18O5S.C8H16N2O.C8H15NO2/c1-3-8(2)9-4-6-10(7-5-9)14(11,12)13;1-4-9(2,3)8(10)14-6-5-7-15(11,12)13;1-4-8(11)9-6-5-7-10(2)3;1-7(2)8(10)11-6-5-9(3)4/h4-8H,3H2,1-2H3,(H,11,12,13);4-7H2,1-3H3,(H,11,12,13);4H,1,5-7H2,2-3H3,(H,9,11);1,5-6H2,2-4H3. The Hall–Kier alpha value is -3.15. The third kappa shape index (κ3) is 31.3. The Bertz CT molecular complexity index is 1390. The van der Waals surface area contributed by atoms with E-state index in [2.05, 4.69) is 46.4 Å². The summed E-state index contributed by atoms with van der Waals surface area (Å²) < 4.78 is 72.3. The van der Waals surface area contributed by atoms with Crippen LogP contribution in [0.2, 0.25) is 0 Å². The summed E-state index contributed by atoms with van der Waals surface area (Å²) in [4.78, 5) is 35.3. The first-order chi connectivity index (χ1) is 23.3. The summed E-state index contributed by atoms with van der Waals surface area (Å²) in [5, 5.41) is 2.72. The molecule has 0 heterocycles. The van der Waals surface area contributed by atoms with Crippen molar-refractivity contribution in [3.8, 4) is 0 Å². The molecule has 0 radical (unpaired) electrons. The molecule has 51 heavy (non-hydrogen) atoms. The number of carbonyl (C=O) groups is 3. The molecule has 0 fully saturated rings. The molecule has 0 aliphatic carbocycles. The number of hydrogen-bond donors (Lipinski definition) is 3. The molecule has 1 amide bonds. The van der Waals surface area contributed by atoms with Crippen molar-refractivity contribution in [2.24, 2.45) is 5.41 Å². The first kappa shape index (κ1) is 52.2. The fraction of sp³-hybridized carbons (Fsp3) is 0.629. The molecule has 1 aromatic carbocycles. The van der Waals surface area contributed by atoms with Crippen molar-refractivity contribution < 1.29 is 59.6 Å². The van der Waals surface area contributed by atoms with Crippen molar-refractivity contribution >= 4 is 38.1 Å². The van der Waals surface area contributed by atoms with Gasteiger partial charge in [0.1, 0.15) is 23.3 Å². The first-order valence-corrected chi connectivity index (χ1v) is 19.8. The monoisotopic (exact) mass is 765 g/mol. The van der Waals surface area contributed by atoms with Gasteiger partial charge in [0.15, 0.2) is 0 Å². The molecule has 0 aromatic heterocycles. The number of carbonyl (C=O) groups excluding carboxylic acids is 3. The quantitative estimate of drug-likeness (QED) is 0.0835. The molecule has 296 valence electrons. The van der Waals surface area contributed by atoms with E-state index in [0.29, 0.717) is 24.5 Å². The maximum absolute atomic E-state index is 11.4. The third-order valence-electron chi connectivity index (χ3n) is 7.08. The van der Waals surface area contributed by atoms with Crippen LogP contribution in [0.15, 0.2) is 54.0 Å². The molecule has 0 saturated carbocycles. The molecular weight excluding hydrogens is 703 g/mol. The topological polar surface area (TPSA) is 205 Å². The van der Waals surface area contributed by atoms with E-state index in [-0.39, 0.29) is 35.8 Å². The molecule has 1 atom stereocenters. The average molecular weight is 766 g/mol. The second-order valence-electron chi connectivity index (χ2n) is 13.0. The van der Waals surface area contributed by atoms with Crippen LogP contribution >= 0.6 is 0 Å². The van der Waals surface area contributed by atoms with Crippen molar-refractivity contribution in [2.45, 2.75) is 78.0 Å². The Kier molecular flexibility index (Phi) is 28.1. The highest BCUT2D eigenvalue weighted by Crippen LogP contribution is 2.21. The first-order valence-electron chi connectivity index (χ1n) is 16.8. The van der Waals surface area contributed by atoms with Gasteiger partial charge in [-0.2, -0.15) is 0 Å². The second kappa shape index (κ2) is 27.5. The molecule has 0 bridgehead atoms. The highest BCUT2D eigenvalue weighted by atomic mass is 32.2. The van der Waals surface area contributed by atoms with Crippen LogP contribution in [0.25, 0.3) is 0 Å². The van der Waals surface area contributed by atoms with Gasteiger partial charge in [0.2, 0.25) is 5.91 Å². The molecule has 3 N–H and O–H groups in total. The number of ether oxygens (including phenoxy) is 2. The maximum Gasteiger partial charge on any atom is 0.333 e. The molecule has 1 aromatic rings. The zero-order valence-electron chi connectivity index (χ0n) is 32.3. The molecule has 1 rings (SSSR count). The summed E-state index contributed by atoms with van der Waals surface area (Å²) in [7, 11) is -0.304. The van der Waals surface area contributed by atoms with Crippen molar-refractivity contribution in [1.82, 2.24) is 5.32 Å². The Morgan fingerprint density at radius 3 is 1.84 bits per heavy atom. The van der Waals surface area contributed by atoms with E-state index in [1.54, 1.807) is 32.9 Å². The summed E-state index contributed by atoms with van der Waals surface area (Å²) in [6, 6.07) is 6.12. The molecule has 0 aliphatic rings. The van der Waals surface area contributed by atoms with Gasteiger partial charge in [-0.05, 0) is 69.7 Å². The number of amides is 1. The fourth-order valence-corrected chi connectivity index (χ4v) is 4.08. The third-order valence-corrected chi connectivity index (χ3v) is 8.72. The van der Waals surface area contributed by atoms with Gasteiger partial charge in [-0.3, -0.25) is 9.59 Å². The van der Waals surface area contributed by atoms with Crippen LogP contribution < -0.4 is 15.1 Å². The molecule has 0 spiro atoms. The lowest BCUT2D eigenvalue weighted by Gasteiger charge is -2.20. The lowest BCUT2D eigenvalue weighted by Crippen LogP contribution is -3.06. The van der Waals surface area contributed by atoms with Gasteiger partial charge in [-0.15, -0.1) is 0 Å². The highest BCUT2D eigenvalue weighted by molar-refractivity contribution is 7.86. The number of rotatable bonds is 18. The number of esters is 2. The van der Waals surface area contributed by atoms with Crippen LogP contribution in [0.3, 0.4) is 0 Å². The van der Waals surface area contributed by atoms with Crippen LogP contribution in [0.1, 0.15) is 78.7 Å². The minimum atomic E-state index is -4.30. The van der Waals surface area contributed by atoms with Crippen LogP contribution in [0.4, 0.5) is 0 Å². The van der Waals surface area contributed by atoms with E-state index in [9.17, 15) is 40.3 Å². The Labute approximate surface area is 307 Å². The Morgan fingerprint density at radius 2 is 1.45 bits per heavy atom. The van der Waals surface area contributed by atoms with Gasteiger partial charge >= 0.3 is 11.9 Å². The fourth-order valence-electron chi connectivity index (χ4n) is 3.14. The Balaban J connectivity index is -0.000000608. The predicted octanol–water partition coefficient (Wildman–Crippen LogP) is 1.08. The average Bonchev–Trinajstić information content (AvgIpc) is 3.04. The van der Waals surface area contributed by atoms with Gasteiger partial charge in [-0.25, -0.2) is 21.6 Å². The van der Waals surface area contributed by atoms with E-state index < -0.39 is 31.4 Å². The van der Waals surface area contributed by atoms with Crippen LogP contribution in [0.5, 0.6) is 0 Å². The van der Waals surface area contributed by atoms with E-state index >= 15 is 0 Å². The van der Waals surface area contributed by atoms with Crippen LogP contribution in [0, 0.1) is 5.41 Å². The predicted molar refractivity (Wildman–Crippen MR) is 196 cm³/mol. The Morgan fingerprint density at radius 1 is 0.922 bits per heavy atom. The van der Waals surface area contributed by atoms with Gasteiger partial charge in [-0.1, -0.05) is 46.1 Å². The summed E-state index contributed by atoms with van der Waals surface area (Å²) in [6.07, 6.45) is 4.00. The minimum absolute atomic E-state index is 0.0241. The van der Waals surface area contributed by atoms with Gasteiger partial charge in [0.25, 0.3) is 0 Å². The zero-order chi connectivity index (χ0) is 40.4. The van der Waals surface area contributed by atoms with E-state index in [4.69, 9.17) is 9.47 Å². The van der Waals surface area contributed by atoms with E-state index in [0.717, 1.165) is 38.0 Å². The SMILES string of the molecule is C=C(C)C(=O)OCC[NH+](C)C.C=CC(=O)NCCC[NH+](C)C.CCC(C)(C)C(=O)OCCCS(=O)(=O)[O-].CCC(C)c1ccc(S(=O)(=O)[O-])cc1. The molecule has 0 aliphatic heterocycles. The number of quaternary nitrogens is 2. The number of nitrogens with one attached hydrogen (secondary N) is 3. The van der Waals surface area contributed by atoms with Gasteiger partial charge in [0, 0.05) is 24.3 Å². The number of likely N-dealkylation sites (N-methyl/N-ethyl adjacent to an activating group) is 1. The smallest absolute Gasteiger partial charge is 0.333 e. The summed E-state index contributed by atoms with van der Waals surface area (Å²) in [6.45, 7) is 21.1. The minimum Gasteiger partial charge on any atom is -0.748 e. The number of benzene rings is 1. The molecule has 16 heteroatoms. The maximum atomic E-state index is 11.4. The molecular formula is C35H63N3O11S2. The van der Waals surface area contributed by atoms with Crippen molar-refractivity contribution in [1.29, 1.82) is 0 Å². The summed E-state index contributed by atoms with van der Waals surface area (Å²) in [5.41, 5.74) is 0.953. The lowest BCUT2D eigenvalue weighted by molar-refractivity contribution is -0.858. The number of hydrogen-bond acceptors (Lipinski definition) is 11. The highest BCUT2D eigenvalue weighted by Gasteiger charge is 2.26. The van der Waals surface area contributed by atoms with Gasteiger partial charge < -0.3 is 33.7 Å².